The Morgan fingerprint density at radius 3 is 2.33 bits per heavy atom. The minimum absolute atomic E-state index is 0.190. The highest BCUT2D eigenvalue weighted by Crippen LogP contribution is 2.31. The monoisotopic (exact) mass is 240 g/mol. The van der Waals surface area contributed by atoms with Crippen molar-refractivity contribution in [2.45, 2.75) is 33.8 Å². The molecule has 2 rings (SSSR count). The van der Waals surface area contributed by atoms with E-state index >= 15 is 0 Å². The molecule has 2 aromatic carbocycles. The number of hydrogen-bond donors (Lipinski definition) is 0. The van der Waals surface area contributed by atoms with E-state index in [9.17, 15) is 0 Å². The van der Waals surface area contributed by atoms with Gasteiger partial charge in [-0.1, -0.05) is 42.0 Å². The Labute approximate surface area is 109 Å². The van der Waals surface area contributed by atoms with Gasteiger partial charge in [0, 0.05) is 5.39 Å². The van der Waals surface area contributed by atoms with Crippen molar-refractivity contribution in [3.05, 3.63) is 47.5 Å². The van der Waals surface area contributed by atoms with E-state index in [1.54, 1.807) is 0 Å². The lowest BCUT2D eigenvalue weighted by atomic mass is 10.0. The van der Waals surface area contributed by atoms with Gasteiger partial charge in [0.05, 0.1) is 6.10 Å². The van der Waals surface area contributed by atoms with Crippen LogP contribution < -0.4 is 4.74 Å². The first-order chi connectivity index (χ1) is 8.58. The van der Waals surface area contributed by atoms with Gasteiger partial charge in [0.2, 0.25) is 0 Å². The summed E-state index contributed by atoms with van der Waals surface area (Å²) in [5.74, 6) is 0.968. The lowest BCUT2D eigenvalue weighted by Gasteiger charge is -2.14. The average molecular weight is 240 g/mol. The van der Waals surface area contributed by atoms with Crippen molar-refractivity contribution < 1.29 is 4.74 Å². The molecule has 0 fully saturated rings. The van der Waals surface area contributed by atoms with Gasteiger partial charge < -0.3 is 4.74 Å². The molecule has 0 saturated carbocycles. The van der Waals surface area contributed by atoms with Crippen molar-refractivity contribution in [1.82, 2.24) is 0 Å². The number of benzene rings is 2. The van der Waals surface area contributed by atoms with Crippen LogP contribution in [0.1, 0.15) is 33.3 Å². The van der Waals surface area contributed by atoms with Gasteiger partial charge in [0.25, 0.3) is 0 Å². The average Bonchev–Trinajstić information content (AvgIpc) is 2.27. The molecule has 0 aliphatic heterocycles. The highest BCUT2D eigenvalue weighted by Gasteiger charge is 2.07. The summed E-state index contributed by atoms with van der Waals surface area (Å²) in [6, 6.07) is 12.6. The van der Waals surface area contributed by atoms with E-state index in [1.807, 2.05) is 12.1 Å². The first kappa shape index (κ1) is 12.7. The minimum Gasteiger partial charge on any atom is -0.490 e. The maximum absolute atomic E-state index is 5.92. The van der Waals surface area contributed by atoms with Crippen molar-refractivity contribution in [2.24, 2.45) is 0 Å². The molecule has 0 aromatic heterocycles. The second-order valence-electron chi connectivity index (χ2n) is 5.09. The molecule has 0 unspecified atom stereocenters. The van der Waals surface area contributed by atoms with Crippen LogP contribution in [0.2, 0.25) is 0 Å². The highest BCUT2D eigenvalue weighted by atomic mass is 16.5. The van der Waals surface area contributed by atoms with E-state index in [2.05, 4.69) is 58.0 Å². The Morgan fingerprint density at radius 2 is 1.72 bits per heavy atom. The number of hydrogen-bond acceptors (Lipinski definition) is 1. The van der Waals surface area contributed by atoms with Gasteiger partial charge >= 0.3 is 0 Å². The molecule has 1 heteroatoms. The summed E-state index contributed by atoms with van der Waals surface area (Å²) in [6.45, 7) is 8.35. The third-order valence-electron chi connectivity index (χ3n) is 2.71. The number of fused-ring (bicyclic) bond motifs is 1. The maximum atomic E-state index is 5.92. The molecule has 0 saturated heterocycles. The normalized spacial score (nSPS) is 10.7. The predicted molar refractivity (Wildman–Crippen MR) is 79.0 cm³/mol. The second kappa shape index (κ2) is 5.26. The molecular formula is C17H20O. The fraction of sp³-hybridized carbons (Fsp3) is 0.294. The third-order valence-corrected chi connectivity index (χ3v) is 2.71. The van der Waals surface area contributed by atoms with Crippen LogP contribution in [-0.2, 0) is 0 Å². The fourth-order valence-corrected chi connectivity index (χ4v) is 2.12. The molecule has 0 N–H and O–H groups in total. The number of rotatable bonds is 3. The summed E-state index contributed by atoms with van der Waals surface area (Å²) < 4.78 is 5.92. The first-order valence-corrected chi connectivity index (χ1v) is 6.41. The Bertz CT molecular complexity index is 570. The summed E-state index contributed by atoms with van der Waals surface area (Å²) in [4.78, 5) is 0. The van der Waals surface area contributed by atoms with E-state index in [-0.39, 0.29) is 6.10 Å². The van der Waals surface area contributed by atoms with Crippen molar-refractivity contribution in [2.75, 3.05) is 0 Å². The van der Waals surface area contributed by atoms with E-state index in [0.717, 1.165) is 5.75 Å². The molecule has 0 aliphatic carbocycles. The van der Waals surface area contributed by atoms with Gasteiger partial charge in [-0.05, 0) is 44.7 Å². The van der Waals surface area contributed by atoms with Crippen LogP contribution in [-0.4, -0.2) is 6.10 Å². The maximum Gasteiger partial charge on any atom is 0.128 e. The summed E-state index contributed by atoms with van der Waals surface area (Å²) in [7, 11) is 0. The van der Waals surface area contributed by atoms with Crippen LogP contribution in [0.4, 0.5) is 0 Å². The summed E-state index contributed by atoms with van der Waals surface area (Å²) >= 11 is 0. The molecule has 0 heterocycles. The van der Waals surface area contributed by atoms with Crippen LogP contribution in [0.5, 0.6) is 5.75 Å². The number of ether oxygens (including phenoxy) is 1. The Hall–Kier alpha value is -1.76. The van der Waals surface area contributed by atoms with Gasteiger partial charge in [-0.25, -0.2) is 0 Å². The molecule has 94 valence electrons. The third kappa shape index (κ3) is 2.73. The van der Waals surface area contributed by atoms with Crippen LogP contribution in [0.25, 0.3) is 16.8 Å². The van der Waals surface area contributed by atoms with Gasteiger partial charge in [-0.3, -0.25) is 0 Å². The molecule has 2 aromatic rings. The highest BCUT2D eigenvalue weighted by molar-refractivity contribution is 5.95. The minimum atomic E-state index is 0.190. The van der Waals surface area contributed by atoms with Gasteiger partial charge in [-0.2, -0.15) is 0 Å². The summed E-state index contributed by atoms with van der Waals surface area (Å²) in [6.07, 6.45) is 2.39. The SMILES string of the molecule is CC(C)=Cc1cccc2cccc(OC(C)C)c12. The lowest BCUT2D eigenvalue weighted by Crippen LogP contribution is -2.06. The van der Waals surface area contributed by atoms with Crippen LogP contribution >= 0.6 is 0 Å². The zero-order valence-electron chi connectivity index (χ0n) is 11.5. The molecule has 0 atom stereocenters. The van der Waals surface area contributed by atoms with Crippen molar-refractivity contribution in [3.63, 3.8) is 0 Å². The van der Waals surface area contributed by atoms with Crippen LogP contribution in [0, 0.1) is 0 Å². The van der Waals surface area contributed by atoms with E-state index < -0.39 is 0 Å². The Balaban J connectivity index is 2.67. The van der Waals surface area contributed by atoms with Crippen LogP contribution in [0.3, 0.4) is 0 Å². The molecular weight excluding hydrogens is 220 g/mol. The Morgan fingerprint density at radius 1 is 1.06 bits per heavy atom. The molecule has 0 radical (unpaired) electrons. The molecule has 0 amide bonds. The molecule has 1 nitrogen and oxygen atoms in total. The van der Waals surface area contributed by atoms with Gasteiger partial charge in [-0.15, -0.1) is 0 Å². The summed E-state index contributed by atoms with van der Waals surface area (Å²) in [5.41, 5.74) is 2.52. The molecule has 0 aliphatic rings. The number of allylic oxidation sites excluding steroid dienone is 1. The van der Waals surface area contributed by atoms with Gasteiger partial charge in [0.1, 0.15) is 5.75 Å². The topological polar surface area (TPSA) is 9.23 Å². The largest absolute Gasteiger partial charge is 0.490 e. The zero-order valence-corrected chi connectivity index (χ0v) is 11.5. The molecule has 0 bridgehead atoms. The van der Waals surface area contributed by atoms with Crippen molar-refractivity contribution in [3.8, 4) is 5.75 Å². The van der Waals surface area contributed by atoms with E-state index in [0.29, 0.717) is 0 Å². The quantitative estimate of drug-likeness (QED) is 0.729. The predicted octanol–water partition coefficient (Wildman–Crippen LogP) is 5.05. The Kier molecular flexibility index (Phi) is 3.71. The van der Waals surface area contributed by atoms with E-state index in [1.165, 1.54) is 21.9 Å². The van der Waals surface area contributed by atoms with E-state index in [4.69, 9.17) is 4.74 Å². The van der Waals surface area contributed by atoms with Crippen LogP contribution in [0.15, 0.2) is 42.0 Å². The molecule has 0 spiro atoms. The first-order valence-electron chi connectivity index (χ1n) is 6.41. The zero-order chi connectivity index (χ0) is 13.1. The van der Waals surface area contributed by atoms with Gasteiger partial charge in [0.15, 0.2) is 0 Å². The standard InChI is InChI=1S/C17H20O/c1-12(2)11-15-9-5-7-14-8-6-10-16(17(14)15)18-13(3)4/h5-11,13H,1-4H3. The fourth-order valence-electron chi connectivity index (χ4n) is 2.12. The molecule has 18 heavy (non-hydrogen) atoms. The lowest BCUT2D eigenvalue weighted by molar-refractivity contribution is 0.245. The summed E-state index contributed by atoms with van der Waals surface area (Å²) in [5, 5.41) is 2.43. The second-order valence-corrected chi connectivity index (χ2v) is 5.09. The van der Waals surface area contributed by atoms with Crippen molar-refractivity contribution >= 4 is 16.8 Å². The smallest absolute Gasteiger partial charge is 0.128 e. The van der Waals surface area contributed by atoms with Crippen molar-refractivity contribution in [1.29, 1.82) is 0 Å².